The van der Waals surface area contributed by atoms with E-state index in [4.69, 9.17) is 4.74 Å². The van der Waals surface area contributed by atoms with E-state index < -0.39 is 0 Å². The second-order valence-electron chi connectivity index (χ2n) is 3.19. The van der Waals surface area contributed by atoms with E-state index in [1.165, 1.54) is 3.57 Å². The SMILES string of the molecule is CCNCC(C)Oc1cccc(I)c1. The maximum Gasteiger partial charge on any atom is 0.120 e. The van der Waals surface area contributed by atoms with E-state index in [2.05, 4.69) is 47.8 Å². The molecule has 2 nitrogen and oxygen atoms in total. The predicted molar refractivity (Wildman–Crippen MR) is 67.8 cm³/mol. The normalized spacial score (nSPS) is 12.5. The first kappa shape index (κ1) is 11.8. The molecule has 0 spiro atoms. The molecular formula is C11H16INO. The summed E-state index contributed by atoms with van der Waals surface area (Å²) in [6.07, 6.45) is 0.216. The zero-order chi connectivity index (χ0) is 10.4. The van der Waals surface area contributed by atoms with Gasteiger partial charge in [-0.25, -0.2) is 0 Å². The Kier molecular flexibility index (Phi) is 5.25. The maximum absolute atomic E-state index is 5.73. The molecule has 1 unspecified atom stereocenters. The molecule has 0 aromatic heterocycles. The lowest BCUT2D eigenvalue weighted by Crippen LogP contribution is -2.28. The lowest BCUT2D eigenvalue weighted by Gasteiger charge is -2.14. The molecule has 1 N–H and O–H groups in total. The minimum atomic E-state index is 0.216. The molecule has 14 heavy (non-hydrogen) atoms. The molecule has 1 atom stereocenters. The molecule has 1 aromatic carbocycles. The molecule has 0 heterocycles. The highest BCUT2D eigenvalue weighted by atomic mass is 127. The van der Waals surface area contributed by atoms with Crippen LogP contribution in [0.25, 0.3) is 0 Å². The Balaban J connectivity index is 2.43. The van der Waals surface area contributed by atoms with E-state index >= 15 is 0 Å². The second kappa shape index (κ2) is 6.24. The fourth-order valence-electron chi connectivity index (χ4n) is 1.16. The fraction of sp³-hybridized carbons (Fsp3) is 0.455. The van der Waals surface area contributed by atoms with Crippen molar-refractivity contribution in [3.8, 4) is 5.75 Å². The van der Waals surface area contributed by atoms with Crippen LogP contribution in [0.4, 0.5) is 0 Å². The van der Waals surface area contributed by atoms with Crippen molar-refractivity contribution in [1.82, 2.24) is 5.32 Å². The second-order valence-corrected chi connectivity index (χ2v) is 4.44. The highest BCUT2D eigenvalue weighted by Crippen LogP contribution is 2.15. The van der Waals surface area contributed by atoms with Gasteiger partial charge in [-0.15, -0.1) is 0 Å². The molecule has 0 saturated heterocycles. The van der Waals surface area contributed by atoms with Gasteiger partial charge in [0, 0.05) is 10.1 Å². The molecule has 1 rings (SSSR count). The first-order valence-electron chi connectivity index (χ1n) is 4.85. The summed E-state index contributed by atoms with van der Waals surface area (Å²) in [5.41, 5.74) is 0. The first-order valence-corrected chi connectivity index (χ1v) is 5.93. The average molecular weight is 305 g/mol. The Morgan fingerprint density at radius 1 is 1.50 bits per heavy atom. The van der Waals surface area contributed by atoms with Crippen LogP contribution in [-0.2, 0) is 0 Å². The molecule has 0 aliphatic carbocycles. The zero-order valence-electron chi connectivity index (χ0n) is 8.59. The van der Waals surface area contributed by atoms with Gasteiger partial charge in [0.1, 0.15) is 11.9 Å². The third-order valence-corrected chi connectivity index (χ3v) is 2.49. The molecule has 0 bridgehead atoms. The number of hydrogen-bond donors (Lipinski definition) is 1. The standard InChI is InChI=1S/C11H16INO/c1-3-13-8-9(2)14-11-6-4-5-10(12)7-11/h4-7,9,13H,3,8H2,1-2H3. The Morgan fingerprint density at radius 2 is 2.29 bits per heavy atom. The minimum Gasteiger partial charge on any atom is -0.489 e. The quantitative estimate of drug-likeness (QED) is 0.845. The number of benzene rings is 1. The van der Waals surface area contributed by atoms with E-state index in [-0.39, 0.29) is 6.10 Å². The largest absolute Gasteiger partial charge is 0.489 e. The van der Waals surface area contributed by atoms with Crippen LogP contribution in [0.1, 0.15) is 13.8 Å². The number of likely N-dealkylation sites (N-methyl/N-ethyl adjacent to an activating group) is 1. The molecule has 0 aliphatic rings. The number of nitrogens with one attached hydrogen (secondary N) is 1. The molecule has 3 heteroatoms. The summed E-state index contributed by atoms with van der Waals surface area (Å²) in [6, 6.07) is 8.10. The number of halogens is 1. The minimum absolute atomic E-state index is 0.216. The number of ether oxygens (including phenoxy) is 1. The summed E-state index contributed by atoms with van der Waals surface area (Å²) in [5.74, 6) is 0.947. The molecule has 0 aliphatic heterocycles. The van der Waals surface area contributed by atoms with E-state index in [1.54, 1.807) is 0 Å². The molecule has 0 fully saturated rings. The summed E-state index contributed by atoms with van der Waals surface area (Å²) < 4.78 is 6.93. The summed E-state index contributed by atoms with van der Waals surface area (Å²) in [6.45, 7) is 6.04. The van der Waals surface area contributed by atoms with Crippen LogP contribution in [-0.4, -0.2) is 19.2 Å². The van der Waals surface area contributed by atoms with Crippen molar-refractivity contribution >= 4 is 22.6 Å². The zero-order valence-corrected chi connectivity index (χ0v) is 10.7. The van der Waals surface area contributed by atoms with Crippen LogP contribution in [0, 0.1) is 3.57 Å². The van der Waals surface area contributed by atoms with Crippen molar-refractivity contribution < 1.29 is 4.74 Å². The van der Waals surface area contributed by atoms with Gasteiger partial charge in [-0.1, -0.05) is 13.0 Å². The summed E-state index contributed by atoms with van der Waals surface area (Å²) in [5, 5.41) is 3.26. The Bertz CT molecular complexity index is 278. The smallest absolute Gasteiger partial charge is 0.120 e. The van der Waals surface area contributed by atoms with Gasteiger partial charge in [0.25, 0.3) is 0 Å². The monoisotopic (exact) mass is 305 g/mol. The van der Waals surface area contributed by atoms with Crippen molar-refractivity contribution in [2.24, 2.45) is 0 Å². The molecule has 78 valence electrons. The van der Waals surface area contributed by atoms with Gasteiger partial charge in [-0.2, -0.15) is 0 Å². The van der Waals surface area contributed by atoms with Gasteiger partial charge in [0.15, 0.2) is 0 Å². The van der Waals surface area contributed by atoms with E-state index in [0.717, 1.165) is 18.8 Å². The molecular weight excluding hydrogens is 289 g/mol. The highest BCUT2D eigenvalue weighted by molar-refractivity contribution is 14.1. The molecule has 0 saturated carbocycles. The Hall–Kier alpha value is -0.290. The summed E-state index contributed by atoms with van der Waals surface area (Å²) in [4.78, 5) is 0. The van der Waals surface area contributed by atoms with Crippen molar-refractivity contribution in [1.29, 1.82) is 0 Å². The van der Waals surface area contributed by atoms with Crippen LogP contribution in [0.2, 0.25) is 0 Å². The van der Waals surface area contributed by atoms with Crippen LogP contribution in [0.5, 0.6) is 5.75 Å². The Labute approximate surface area is 99.2 Å². The third-order valence-electron chi connectivity index (χ3n) is 1.82. The fourth-order valence-corrected chi connectivity index (χ4v) is 1.68. The Morgan fingerprint density at radius 3 is 2.93 bits per heavy atom. The van der Waals surface area contributed by atoms with Gasteiger partial charge < -0.3 is 10.1 Å². The van der Waals surface area contributed by atoms with Gasteiger partial charge in [0.05, 0.1) is 0 Å². The van der Waals surface area contributed by atoms with Gasteiger partial charge in [-0.05, 0) is 54.3 Å². The molecule has 0 amide bonds. The van der Waals surface area contributed by atoms with Gasteiger partial charge in [-0.3, -0.25) is 0 Å². The predicted octanol–water partition coefficient (Wildman–Crippen LogP) is 2.67. The van der Waals surface area contributed by atoms with Crippen LogP contribution < -0.4 is 10.1 Å². The van der Waals surface area contributed by atoms with Crippen LogP contribution >= 0.6 is 22.6 Å². The van der Waals surface area contributed by atoms with Crippen LogP contribution in [0.3, 0.4) is 0 Å². The topological polar surface area (TPSA) is 21.3 Å². The van der Waals surface area contributed by atoms with E-state index in [1.807, 2.05) is 18.2 Å². The van der Waals surface area contributed by atoms with Crippen LogP contribution in [0.15, 0.2) is 24.3 Å². The lowest BCUT2D eigenvalue weighted by atomic mass is 10.3. The lowest BCUT2D eigenvalue weighted by molar-refractivity contribution is 0.218. The van der Waals surface area contributed by atoms with Crippen molar-refractivity contribution in [3.63, 3.8) is 0 Å². The average Bonchev–Trinajstić information content (AvgIpc) is 2.15. The van der Waals surface area contributed by atoms with E-state index in [0.29, 0.717) is 0 Å². The molecule has 1 aromatic rings. The third kappa shape index (κ3) is 4.28. The number of hydrogen-bond acceptors (Lipinski definition) is 2. The molecule has 0 radical (unpaired) electrons. The first-order chi connectivity index (χ1) is 6.72. The highest BCUT2D eigenvalue weighted by Gasteiger charge is 2.02. The summed E-state index contributed by atoms with van der Waals surface area (Å²) in [7, 11) is 0. The van der Waals surface area contributed by atoms with Gasteiger partial charge >= 0.3 is 0 Å². The van der Waals surface area contributed by atoms with Crippen molar-refractivity contribution in [3.05, 3.63) is 27.8 Å². The van der Waals surface area contributed by atoms with Crippen molar-refractivity contribution in [2.45, 2.75) is 20.0 Å². The number of rotatable bonds is 5. The van der Waals surface area contributed by atoms with E-state index in [9.17, 15) is 0 Å². The maximum atomic E-state index is 5.73. The summed E-state index contributed by atoms with van der Waals surface area (Å²) >= 11 is 2.29. The van der Waals surface area contributed by atoms with Gasteiger partial charge in [0.2, 0.25) is 0 Å². The van der Waals surface area contributed by atoms with Crippen molar-refractivity contribution in [2.75, 3.05) is 13.1 Å².